The normalized spacial score (nSPS) is 10.5. The zero-order valence-corrected chi connectivity index (χ0v) is 14.0. The van der Waals surface area contributed by atoms with E-state index >= 15 is 0 Å². The number of methoxy groups -OCH3 is 1. The molecule has 6 heteroatoms. The highest BCUT2D eigenvalue weighted by Gasteiger charge is 2.23. The fraction of sp³-hybridized carbons (Fsp3) is 0.150. The summed E-state index contributed by atoms with van der Waals surface area (Å²) in [6, 6.07) is 13.4. The Hall–Kier alpha value is -3.59. The number of carbonyl (C=O) groups is 2. The van der Waals surface area contributed by atoms with Crippen molar-refractivity contribution in [2.75, 3.05) is 7.11 Å². The average molecular weight is 349 g/mol. The summed E-state index contributed by atoms with van der Waals surface area (Å²) in [6.45, 7) is 0. The summed E-state index contributed by atoms with van der Waals surface area (Å²) in [5.74, 6) is -0.345. The first-order chi connectivity index (χ1) is 12.5. The number of benzene rings is 2. The molecule has 1 aromatic heterocycles. The smallest absolute Gasteiger partial charge is 0.303 e. The molecule has 2 aromatic carbocycles. The van der Waals surface area contributed by atoms with Crippen LogP contribution in [-0.2, 0) is 11.2 Å². The van der Waals surface area contributed by atoms with Crippen molar-refractivity contribution < 1.29 is 23.8 Å². The first-order valence-corrected chi connectivity index (χ1v) is 7.89. The molecule has 0 atom stereocenters. The average Bonchev–Trinajstić information content (AvgIpc) is 3.03. The van der Waals surface area contributed by atoms with Crippen LogP contribution in [-0.4, -0.2) is 24.0 Å². The Bertz CT molecular complexity index is 1020. The molecule has 130 valence electrons. The van der Waals surface area contributed by atoms with Gasteiger partial charge in [-0.2, -0.15) is 5.26 Å². The Morgan fingerprint density at radius 3 is 2.54 bits per heavy atom. The van der Waals surface area contributed by atoms with Crippen LogP contribution in [0.2, 0.25) is 0 Å². The third kappa shape index (κ3) is 3.28. The zero-order valence-electron chi connectivity index (χ0n) is 14.0. The van der Waals surface area contributed by atoms with E-state index in [4.69, 9.17) is 19.5 Å². The monoisotopic (exact) mass is 349 g/mol. The fourth-order valence-corrected chi connectivity index (χ4v) is 2.75. The van der Waals surface area contributed by atoms with Crippen molar-refractivity contribution >= 4 is 22.7 Å². The van der Waals surface area contributed by atoms with E-state index in [-0.39, 0.29) is 18.6 Å². The number of carboxylic acid groups (broad SMARTS) is 1. The Kier molecular flexibility index (Phi) is 4.72. The number of aliphatic carboxylic acids is 1. The van der Waals surface area contributed by atoms with Gasteiger partial charge in [0, 0.05) is 17.4 Å². The number of aryl methyl sites for hydroxylation is 1. The lowest BCUT2D eigenvalue weighted by molar-refractivity contribution is -0.137. The minimum Gasteiger partial charge on any atom is -0.497 e. The summed E-state index contributed by atoms with van der Waals surface area (Å²) in [7, 11) is 1.54. The van der Waals surface area contributed by atoms with Crippen molar-refractivity contribution in [3.8, 4) is 11.8 Å². The van der Waals surface area contributed by atoms with Crippen molar-refractivity contribution in [3.05, 3.63) is 64.9 Å². The third-order valence-corrected chi connectivity index (χ3v) is 4.04. The molecule has 1 heterocycles. The van der Waals surface area contributed by atoms with Gasteiger partial charge in [0.1, 0.15) is 17.1 Å². The van der Waals surface area contributed by atoms with Crippen LogP contribution in [0.4, 0.5) is 0 Å². The second kappa shape index (κ2) is 7.11. The van der Waals surface area contributed by atoms with Crippen LogP contribution < -0.4 is 4.74 Å². The summed E-state index contributed by atoms with van der Waals surface area (Å²) in [6.07, 6.45) is -0.0725. The number of hydrogen-bond acceptors (Lipinski definition) is 5. The molecule has 26 heavy (non-hydrogen) atoms. The molecular weight excluding hydrogens is 334 g/mol. The topological polar surface area (TPSA) is 101 Å². The molecule has 0 spiro atoms. The van der Waals surface area contributed by atoms with Gasteiger partial charge in [-0.3, -0.25) is 9.59 Å². The first kappa shape index (κ1) is 17.2. The molecular formula is C20H15NO5. The van der Waals surface area contributed by atoms with Gasteiger partial charge in [-0.15, -0.1) is 0 Å². The molecule has 0 aliphatic rings. The van der Waals surface area contributed by atoms with Gasteiger partial charge >= 0.3 is 5.97 Å². The predicted molar refractivity (Wildman–Crippen MR) is 93.3 cm³/mol. The number of nitriles is 1. The quantitative estimate of drug-likeness (QED) is 0.683. The Morgan fingerprint density at radius 2 is 1.92 bits per heavy atom. The lowest BCUT2D eigenvalue weighted by atomic mass is 9.98. The summed E-state index contributed by atoms with van der Waals surface area (Å²) in [4.78, 5) is 24.0. The molecule has 3 aromatic rings. The van der Waals surface area contributed by atoms with Crippen LogP contribution in [0.3, 0.4) is 0 Å². The van der Waals surface area contributed by atoms with E-state index in [9.17, 15) is 9.59 Å². The highest BCUT2D eigenvalue weighted by atomic mass is 16.5. The molecule has 0 fully saturated rings. The number of furan rings is 1. The largest absolute Gasteiger partial charge is 0.497 e. The predicted octanol–water partition coefficient (Wildman–Crippen LogP) is 3.56. The molecule has 0 aliphatic heterocycles. The Labute approximate surface area is 149 Å². The molecule has 0 bridgehead atoms. The van der Waals surface area contributed by atoms with Gasteiger partial charge in [0.25, 0.3) is 0 Å². The number of ketones is 1. The fourth-order valence-electron chi connectivity index (χ4n) is 2.75. The van der Waals surface area contributed by atoms with E-state index in [0.717, 1.165) is 0 Å². The van der Waals surface area contributed by atoms with Crippen molar-refractivity contribution in [2.45, 2.75) is 12.8 Å². The summed E-state index contributed by atoms with van der Waals surface area (Å²) in [5.41, 5.74) is 1.56. The van der Waals surface area contributed by atoms with Gasteiger partial charge in [0.2, 0.25) is 0 Å². The number of hydrogen-bond donors (Lipinski definition) is 1. The molecule has 0 unspecified atom stereocenters. The summed E-state index contributed by atoms with van der Waals surface area (Å²) in [5, 5.41) is 18.6. The number of fused-ring (bicyclic) bond motifs is 1. The molecule has 0 aliphatic carbocycles. The molecule has 6 nitrogen and oxygen atoms in total. The van der Waals surface area contributed by atoms with E-state index < -0.39 is 5.97 Å². The van der Waals surface area contributed by atoms with Gasteiger partial charge in [-0.05, 0) is 42.5 Å². The van der Waals surface area contributed by atoms with E-state index in [2.05, 4.69) is 0 Å². The number of rotatable bonds is 6. The molecule has 3 rings (SSSR count). The van der Waals surface area contributed by atoms with Crippen molar-refractivity contribution in [1.82, 2.24) is 0 Å². The summed E-state index contributed by atoms with van der Waals surface area (Å²) >= 11 is 0. The number of carbonyl (C=O) groups excluding carboxylic acids is 1. The van der Waals surface area contributed by atoms with Crippen molar-refractivity contribution in [2.24, 2.45) is 0 Å². The van der Waals surface area contributed by atoms with Crippen LogP contribution in [0.1, 0.15) is 33.7 Å². The van der Waals surface area contributed by atoms with Crippen LogP contribution in [0, 0.1) is 11.3 Å². The summed E-state index contributed by atoms with van der Waals surface area (Å²) < 4.78 is 10.8. The molecule has 0 amide bonds. The van der Waals surface area contributed by atoms with E-state index in [1.807, 2.05) is 6.07 Å². The van der Waals surface area contributed by atoms with E-state index in [1.165, 1.54) is 7.11 Å². The number of nitrogens with zero attached hydrogens (tertiary/aromatic N) is 1. The molecule has 0 saturated carbocycles. The van der Waals surface area contributed by atoms with Crippen molar-refractivity contribution in [1.29, 1.82) is 5.26 Å². The zero-order chi connectivity index (χ0) is 18.7. The highest BCUT2D eigenvalue weighted by Crippen LogP contribution is 2.30. The lowest BCUT2D eigenvalue weighted by Crippen LogP contribution is -2.05. The van der Waals surface area contributed by atoms with Crippen LogP contribution in [0.25, 0.3) is 11.0 Å². The standard InChI is InChI=1S/C20H15NO5/c1-25-14-5-3-13(4-6-14)20(24)19-15-10-12(11-21)2-7-16(15)26-17(19)8-9-18(22)23/h2-7,10H,8-9H2,1H3,(H,22,23). The highest BCUT2D eigenvalue weighted by molar-refractivity contribution is 6.17. The molecule has 0 radical (unpaired) electrons. The van der Waals surface area contributed by atoms with Gasteiger partial charge in [-0.25, -0.2) is 0 Å². The van der Waals surface area contributed by atoms with Gasteiger partial charge in [0.15, 0.2) is 5.78 Å². The molecule has 1 N–H and O–H groups in total. The maximum Gasteiger partial charge on any atom is 0.303 e. The molecule has 0 saturated heterocycles. The maximum absolute atomic E-state index is 13.1. The van der Waals surface area contributed by atoms with Gasteiger partial charge < -0.3 is 14.3 Å². The lowest BCUT2D eigenvalue weighted by Gasteiger charge is -2.04. The van der Waals surface area contributed by atoms with Gasteiger partial charge in [-0.1, -0.05) is 0 Å². The maximum atomic E-state index is 13.1. The van der Waals surface area contributed by atoms with Crippen molar-refractivity contribution in [3.63, 3.8) is 0 Å². The van der Waals surface area contributed by atoms with E-state index in [0.29, 0.717) is 39.2 Å². The van der Waals surface area contributed by atoms with Crippen LogP contribution >= 0.6 is 0 Å². The van der Waals surface area contributed by atoms with Gasteiger partial charge in [0.05, 0.1) is 30.7 Å². The van der Waals surface area contributed by atoms with Crippen LogP contribution in [0.5, 0.6) is 5.75 Å². The first-order valence-electron chi connectivity index (χ1n) is 7.89. The minimum absolute atomic E-state index is 0.0864. The number of ether oxygens (including phenoxy) is 1. The van der Waals surface area contributed by atoms with E-state index in [1.54, 1.807) is 42.5 Å². The number of carboxylic acids is 1. The second-order valence-electron chi connectivity index (χ2n) is 5.67. The Balaban J connectivity index is 2.13. The second-order valence-corrected chi connectivity index (χ2v) is 5.67. The minimum atomic E-state index is -0.981. The van der Waals surface area contributed by atoms with Crippen LogP contribution in [0.15, 0.2) is 46.9 Å². The Morgan fingerprint density at radius 1 is 1.19 bits per heavy atom. The SMILES string of the molecule is COc1ccc(C(=O)c2c(CCC(=O)O)oc3ccc(C#N)cc23)cc1. The third-order valence-electron chi connectivity index (χ3n) is 4.04.